The number of amides is 3. The van der Waals surface area contributed by atoms with Crippen LogP contribution in [0.3, 0.4) is 0 Å². The zero-order valence-electron chi connectivity index (χ0n) is 24.7. The third-order valence-electron chi connectivity index (χ3n) is 7.75. The molecule has 0 saturated carbocycles. The minimum atomic E-state index is -6.02. The number of aromatic hydroxyl groups is 2. The third kappa shape index (κ3) is 6.40. The minimum Gasteiger partial charge on any atom is -0.504 e. The number of alkyl halides is 6. The van der Waals surface area contributed by atoms with E-state index in [4.69, 9.17) is 4.74 Å². The molecule has 2 unspecified atom stereocenters. The monoisotopic (exact) mass is 634 g/mol. The van der Waals surface area contributed by atoms with Gasteiger partial charge >= 0.3 is 18.4 Å². The number of nitrogens with one attached hydrogen (secondary N) is 1. The first kappa shape index (κ1) is 34.8. The van der Waals surface area contributed by atoms with E-state index in [-0.39, 0.29) is 54.7 Å². The van der Waals surface area contributed by atoms with E-state index in [2.05, 4.69) is 5.32 Å². The van der Waals surface area contributed by atoms with Gasteiger partial charge in [-0.05, 0) is 80.5 Å². The predicted molar refractivity (Wildman–Crippen MR) is 147 cm³/mol. The molecule has 244 valence electrons. The lowest BCUT2D eigenvalue weighted by atomic mass is 9.87. The molecule has 3 rings (SSSR count). The number of halogens is 6. The van der Waals surface area contributed by atoms with Crippen LogP contribution in [0.4, 0.5) is 31.1 Å². The zero-order valence-corrected chi connectivity index (χ0v) is 24.7. The summed E-state index contributed by atoms with van der Waals surface area (Å²) >= 11 is 0. The molecule has 4 N–H and O–H groups in total. The van der Waals surface area contributed by atoms with E-state index >= 15 is 0 Å². The largest absolute Gasteiger partial charge is 0.504 e. The molecule has 1 saturated heterocycles. The van der Waals surface area contributed by atoms with E-state index in [1.165, 1.54) is 25.1 Å². The molecular formula is C30H36F6N2O6. The SMILES string of the molecule is CCCc1cc(C(O)(C(F)(F)F)C(F)(F)F)cc(CCC)c1OCCCC(C)N1C(=O)NC(C)(c2ccc(O)c(O)c2)C1=O. The molecule has 44 heavy (non-hydrogen) atoms. The summed E-state index contributed by atoms with van der Waals surface area (Å²) in [7, 11) is 0. The molecule has 0 radical (unpaired) electrons. The lowest BCUT2D eigenvalue weighted by Crippen LogP contribution is -2.54. The van der Waals surface area contributed by atoms with Crippen molar-refractivity contribution in [2.45, 2.75) is 95.8 Å². The van der Waals surface area contributed by atoms with Crippen molar-refractivity contribution in [2.75, 3.05) is 6.61 Å². The Hall–Kier alpha value is -3.68. The summed E-state index contributed by atoms with van der Waals surface area (Å²) in [6.45, 7) is 6.46. The van der Waals surface area contributed by atoms with E-state index in [1.807, 2.05) is 0 Å². The van der Waals surface area contributed by atoms with Crippen LogP contribution in [0.5, 0.6) is 17.2 Å². The first-order chi connectivity index (χ1) is 20.3. The van der Waals surface area contributed by atoms with Gasteiger partial charge in [-0.25, -0.2) is 4.79 Å². The first-order valence-corrected chi connectivity index (χ1v) is 14.2. The average Bonchev–Trinajstić information content (AvgIpc) is 3.15. The second-order valence-electron chi connectivity index (χ2n) is 11.1. The highest BCUT2D eigenvalue weighted by atomic mass is 19.4. The summed E-state index contributed by atoms with van der Waals surface area (Å²) < 4.78 is 87.7. The second-order valence-corrected chi connectivity index (χ2v) is 11.1. The van der Waals surface area contributed by atoms with Crippen LogP contribution in [0, 0.1) is 0 Å². The molecule has 1 fully saturated rings. The third-order valence-corrected chi connectivity index (χ3v) is 7.75. The lowest BCUT2D eigenvalue weighted by molar-refractivity contribution is -0.376. The molecule has 0 bridgehead atoms. The predicted octanol–water partition coefficient (Wildman–Crippen LogP) is 6.33. The molecule has 2 aromatic rings. The summed E-state index contributed by atoms with van der Waals surface area (Å²) in [6, 6.07) is 3.84. The van der Waals surface area contributed by atoms with Crippen LogP contribution in [0.15, 0.2) is 30.3 Å². The lowest BCUT2D eigenvalue weighted by Gasteiger charge is -2.33. The first-order valence-electron chi connectivity index (χ1n) is 14.2. The van der Waals surface area contributed by atoms with E-state index in [0.717, 1.165) is 4.90 Å². The summed E-state index contributed by atoms with van der Waals surface area (Å²) in [5.74, 6) is -1.30. The number of ether oxygens (including phenoxy) is 1. The Morgan fingerprint density at radius 3 is 1.95 bits per heavy atom. The second kappa shape index (κ2) is 12.7. The Morgan fingerprint density at radius 2 is 1.48 bits per heavy atom. The van der Waals surface area contributed by atoms with E-state index in [1.54, 1.807) is 20.8 Å². The number of aliphatic hydroxyl groups is 1. The van der Waals surface area contributed by atoms with Gasteiger partial charge in [0.25, 0.3) is 11.5 Å². The zero-order chi connectivity index (χ0) is 33.3. The molecule has 0 spiro atoms. The van der Waals surface area contributed by atoms with Crippen molar-refractivity contribution in [1.29, 1.82) is 0 Å². The van der Waals surface area contributed by atoms with Gasteiger partial charge in [0.05, 0.1) is 6.61 Å². The topological polar surface area (TPSA) is 119 Å². The summed E-state index contributed by atoms with van der Waals surface area (Å²) in [5, 5.41) is 32.1. The highest BCUT2D eigenvalue weighted by Crippen LogP contribution is 2.51. The van der Waals surface area contributed by atoms with Crippen molar-refractivity contribution in [3.8, 4) is 17.2 Å². The molecule has 0 aromatic heterocycles. The summed E-state index contributed by atoms with van der Waals surface area (Å²) in [4.78, 5) is 27.1. The van der Waals surface area contributed by atoms with Gasteiger partial charge in [0.2, 0.25) is 0 Å². The van der Waals surface area contributed by atoms with Gasteiger partial charge in [-0.1, -0.05) is 32.8 Å². The number of urea groups is 1. The average molecular weight is 635 g/mol. The quantitative estimate of drug-likeness (QED) is 0.0938. The number of hydrogen-bond donors (Lipinski definition) is 4. The van der Waals surface area contributed by atoms with Crippen LogP contribution < -0.4 is 10.1 Å². The molecule has 14 heteroatoms. The van der Waals surface area contributed by atoms with Crippen LogP contribution in [0.2, 0.25) is 0 Å². The highest BCUT2D eigenvalue weighted by Gasteiger charge is 2.71. The fourth-order valence-corrected chi connectivity index (χ4v) is 5.32. The number of phenols is 2. The van der Waals surface area contributed by atoms with Gasteiger partial charge in [0.1, 0.15) is 11.3 Å². The van der Waals surface area contributed by atoms with Crippen LogP contribution >= 0.6 is 0 Å². The van der Waals surface area contributed by atoms with Crippen molar-refractivity contribution >= 4 is 11.9 Å². The van der Waals surface area contributed by atoms with Gasteiger partial charge in [-0.15, -0.1) is 0 Å². The number of imide groups is 1. The van der Waals surface area contributed by atoms with Gasteiger partial charge in [-0.2, -0.15) is 26.3 Å². The number of carbonyl (C=O) groups excluding carboxylic acids is 2. The standard InChI is InChI=1S/C30H36F6N2O6/c1-5-8-18-14-21(28(43,29(31,32)33)30(34,35)36)15-19(9-6-2)24(18)44-13-7-10-17(3)38-25(41)27(4,37-26(38)42)20-11-12-22(39)23(40)16-20/h11-12,14-17,39-40,43H,5-10,13H2,1-4H3,(H,37,42). The van der Waals surface area contributed by atoms with E-state index < -0.39 is 58.5 Å². The van der Waals surface area contributed by atoms with Gasteiger partial charge in [0.15, 0.2) is 11.5 Å². The van der Waals surface area contributed by atoms with Crippen molar-refractivity contribution in [2.24, 2.45) is 0 Å². The van der Waals surface area contributed by atoms with Crippen molar-refractivity contribution < 1.29 is 56.0 Å². The smallest absolute Gasteiger partial charge is 0.430 e. The van der Waals surface area contributed by atoms with Crippen LogP contribution in [0.25, 0.3) is 0 Å². The maximum Gasteiger partial charge on any atom is 0.430 e. The number of rotatable bonds is 12. The van der Waals surface area contributed by atoms with Crippen LogP contribution in [-0.2, 0) is 28.8 Å². The molecule has 1 aliphatic rings. The maximum absolute atomic E-state index is 13.6. The molecule has 1 aliphatic heterocycles. The normalized spacial score (nSPS) is 18.5. The molecule has 2 aromatic carbocycles. The fraction of sp³-hybridized carbons (Fsp3) is 0.533. The molecule has 0 aliphatic carbocycles. The van der Waals surface area contributed by atoms with Gasteiger partial charge < -0.3 is 25.4 Å². The number of benzene rings is 2. The fourth-order valence-electron chi connectivity index (χ4n) is 5.32. The highest BCUT2D eigenvalue weighted by molar-refractivity contribution is 6.07. The number of carbonyl (C=O) groups is 2. The maximum atomic E-state index is 13.6. The number of hydrogen-bond acceptors (Lipinski definition) is 6. The Bertz CT molecular complexity index is 1340. The number of aryl methyl sites for hydroxylation is 2. The van der Waals surface area contributed by atoms with Crippen molar-refractivity contribution in [3.63, 3.8) is 0 Å². The van der Waals surface area contributed by atoms with E-state index in [9.17, 15) is 51.3 Å². The summed E-state index contributed by atoms with van der Waals surface area (Å²) in [5.41, 5.74) is -7.45. The van der Waals surface area contributed by atoms with Gasteiger partial charge in [-0.3, -0.25) is 9.69 Å². The van der Waals surface area contributed by atoms with Gasteiger partial charge in [0, 0.05) is 11.6 Å². The van der Waals surface area contributed by atoms with Crippen molar-refractivity contribution in [3.05, 3.63) is 52.6 Å². The Balaban J connectivity index is 1.80. The van der Waals surface area contributed by atoms with Crippen molar-refractivity contribution in [1.82, 2.24) is 10.2 Å². The molecule has 3 amide bonds. The molecular weight excluding hydrogens is 598 g/mol. The number of phenolic OH excluding ortho intramolecular Hbond substituents is 2. The Kier molecular flexibility index (Phi) is 10.1. The Labute approximate surface area is 250 Å². The molecule has 8 nitrogen and oxygen atoms in total. The Morgan fingerprint density at radius 1 is 0.932 bits per heavy atom. The number of nitrogens with zero attached hydrogens (tertiary/aromatic N) is 1. The summed E-state index contributed by atoms with van der Waals surface area (Å²) in [6.07, 6.45) is -10.6. The van der Waals surface area contributed by atoms with E-state index in [0.29, 0.717) is 25.0 Å². The van der Waals surface area contributed by atoms with Crippen LogP contribution in [-0.4, -0.2) is 57.2 Å². The minimum absolute atomic E-state index is 0.0212. The van der Waals surface area contributed by atoms with Crippen LogP contribution in [0.1, 0.15) is 75.6 Å². The molecule has 1 heterocycles. The molecule has 2 atom stereocenters.